The zero-order valence-corrected chi connectivity index (χ0v) is 28.9. The summed E-state index contributed by atoms with van der Waals surface area (Å²) in [5.74, 6) is -0.949. The third kappa shape index (κ3) is 5.48. The molecule has 0 radical (unpaired) electrons. The maximum absolute atomic E-state index is 14.4. The van der Waals surface area contributed by atoms with E-state index in [0.29, 0.717) is 55.8 Å². The van der Waals surface area contributed by atoms with E-state index >= 15 is 0 Å². The molecule has 51 heavy (non-hydrogen) atoms. The Balaban J connectivity index is 1.25. The van der Waals surface area contributed by atoms with Crippen LogP contribution in [0.4, 0.5) is 4.39 Å². The number of benzene rings is 3. The molecule has 2 aromatic heterocycles. The molecule has 0 bridgehead atoms. The fourth-order valence-corrected chi connectivity index (χ4v) is 8.95. The summed E-state index contributed by atoms with van der Waals surface area (Å²) >= 11 is 0. The number of nitrogens with one attached hydrogen (secondary N) is 1. The molecule has 4 heterocycles. The average molecular weight is 689 g/mol. The smallest absolute Gasteiger partial charge is 0.332 e. The fourth-order valence-electron chi connectivity index (χ4n) is 8.95. The van der Waals surface area contributed by atoms with E-state index in [1.54, 1.807) is 36.3 Å². The lowest BCUT2D eigenvalue weighted by Gasteiger charge is -2.40. The number of amides is 2. The minimum absolute atomic E-state index is 0.0172. The molecule has 2 aliphatic heterocycles. The van der Waals surface area contributed by atoms with Gasteiger partial charge in [0.1, 0.15) is 17.3 Å². The maximum Gasteiger partial charge on any atom is 0.332 e. The fraction of sp³-hybridized carbons (Fsp3) is 0.341. The van der Waals surface area contributed by atoms with Crippen molar-refractivity contribution in [2.24, 2.45) is 5.92 Å². The minimum Gasteiger partial charge on any atom is -0.497 e. The van der Waals surface area contributed by atoms with Gasteiger partial charge in [-0.1, -0.05) is 30.3 Å². The monoisotopic (exact) mass is 688 g/mol. The van der Waals surface area contributed by atoms with Crippen LogP contribution in [0.2, 0.25) is 0 Å². The number of H-pyrrole nitrogens is 1. The van der Waals surface area contributed by atoms with Crippen LogP contribution >= 0.6 is 0 Å². The molecule has 2 amide bonds. The predicted molar refractivity (Wildman–Crippen MR) is 190 cm³/mol. The number of likely N-dealkylation sites (tertiary alicyclic amines) is 2. The molecule has 1 N–H and O–H groups in total. The van der Waals surface area contributed by atoms with Crippen molar-refractivity contribution >= 4 is 28.7 Å². The van der Waals surface area contributed by atoms with Gasteiger partial charge in [-0.3, -0.25) is 9.59 Å². The number of halogens is 1. The van der Waals surface area contributed by atoms with Crippen LogP contribution in [-0.2, 0) is 35.3 Å². The number of hydrogen-bond acceptors (Lipinski definition) is 5. The Morgan fingerprint density at radius 3 is 2.43 bits per heavy atom. The summed E-state index contributed by atoms with van der Waals surface area (Å²) < 4.78 is 27.4. The number of aryl methyl sites for hydroxylation is 1. The van der Waals surface area contributed by atoms with Gasteiger partial charge in [-0.05, 0) is 96.8 Å². The average Bonchev–Trinajstić information content (AvgIpc) is 4.00. The summed E-state index contributed by atoms with van der Waals surface area (Å²) in [6.07, 6.45) is 5.34. The van der Waals surface area contributed by atoms with Gasteiger partial charge in [0.15, 0.2) is 5.54 Å². The number of aromatic amines is 1. The van der Waals surface area contributed by atoms with Crippen molar-refractivity contribution in [3.05, 3.63) is 125 Å². The minimum atomic E-state index is -1.43. The van der Waals surface area contributed by atoms with E-state index in [-0.39, 0.29) is 30.0 Å². The van der Waals surface area contributed by atoms with Crippen LogP contribution < -0.4 is 4.74 Å². The molecule has 8 rings (SSSR count). The maximum atomic E-state index is 14.4. The molecule has 1 aliphatic carbocycles. The van der Waals surface area contributed by atoms with Gasteiger partial charge in [-0.25, -0.2) is 9.18 Å². The van der Waals surface area contributed by atoms with Gasteiger partial charge in [-0.2, -0.15) is 0 Å². The van der Waals surface area contributed by atoms with Crippen molar-refractivity contribution in [1.29, 1.82) is 0 Å². The van der Waals surface area contributed by atoms with Crippen LogP contribution in [0.5, 0.6) is 5.75 Å². The third-order valence-corrected chi connectivity index (χ3v) is 11.3. The van der Waals surface area contributed by atoms with Crippen LogP contribution in [0.15, 0.2) is 85.1 Å². The van der Waals surface area contributed by atoms with Crippen LogP contribution in [0.25, 0.3) is 10.9 Å². The van der Waals surface area contributed by atoms with Crippen LogP contribution in [0.1, 0.15) is 62.0 Å². The Kier molecular flexibility index (Phi) is 8.40. The highest BCUT2D eigenvalue weighted by atomic mass is 19.1. The van der Waals surface area contributed by atoms with Crippen molar-refractivity contribution in [2.45, 2.75) is 50.1 Å². The SMILES string of the molecule is COC(=O)[C@@]1(Cc2ccc(F)cc2)C2c3cc(C(=O)N4CCCC4)n(CCc4c[nH]c5ccc(OC)cc45)c3CC2CN1C(=O)c1ccccc1. The topological polar surface area (TPSA) is 96.9 Å². The molecule has 3 aromatic carbocycles. The first-order chi connectivity index (χ1) is 24.8. The number of carbonyl (C=O) groups is 3. The Morgan fingerprint density at radius 1 is 0.941 bits per heavy atom. The quantitative estimate of drug-likeness (QED) is 0.187. The Hall–Kier alpha value is -5.38. The summed E-state index contributed by atoms with van der Waals surface area (Å²) in [7, 11) is 3.01. The number of hydrogen-bond donors (Lipinski definition) is 1. The molecular weight excluding hydrogens is 647 g/mol. The van der Waals surface area contributed by atoms with Crippen molar-refractivity contribution in [2.75, 3.05) is 33.9 Å². The lowest BCUT2D eigenvalue weighted by atomic mass is 9.75. The molecule has 2 unspecified atom stereocenters. The molecule has 2 saturated heterocycles. The third-order valence-electron chi connectivity index (χ3n) is 11.3. The highest BCUT2D eigenvalue weighted by molar-refractivity contribution is 6.00. The predicted octanol–water partition coefficient (Wildman–Crippen LogP) is 6.16. The van der Waals surface area contributed by atoms with E-state index in [1.165, 1.54) is 19.2 Å². The van der Waals surface area contributed by atoms with Crippen LogP contribution in [-0.4, -0.2) is 76.5 Å². The molecule has 3 aliphatic rings. The summed E-state index contributed by atoms with van der Waals surface area (Å²) in [4.78, 5) is 50.0. The molecule has 2 fully saturated rings. The van der Waals surface area contributed by atoms with Crippen LogP contribution in [0, 0.1) is 11.7 Å². The molecule has 0 saturated carbocycles. The Morgan fingerprint density at radius 2 is 1.71 bits per heavy atom. The molecule has 10 heteroatoms. The number of carbonyl (C=O) groups excluding carboxylic acids is 3. The number of esters is 1. The summed E-state index contributed by atoms with van der Waals surface area (Å²) in [5.41, 5.74) is 4.41. The zero-order valence-electron chi connectivity index (χ0n) is 28.9. The van der Waals surface area contributed by atoms with Crippen molar-refractivity contribution in [1.82, 2.24) is 19.4 Å². The normalized spacial score (nSPS) is 20.8. The molecule has 5 aromatic rings. The van der Waals surface area contributed by atoms with Gasteiger partial charge in [0.2, 0.25) is 0 Å². The van der Waals surface area contributed by atoms with Gasteiger partial charge in [0, 0.05) is 66.9 Å². The van der Waals surface area contributed by atoms with Crippen molar-refractivity contribution < 1.29 is 28.2 Å². The first-order valence-electron chi connectivity index (χ1n) is 17.7. The van der Waals surface area contributed by atoms with E-state index in [1.807, 2.05) is 53.6 Å². The first kappa shape index (κ1) is 32.8. The highest BCUT2D eigenvalue weighted by Gasteiger charge is 2.64. The van der Waals surface area contributed by atoms with Gasteiger partial charge < -0.3 is 28.8 Å². The molecule has 3 atom stereocenters. The summed E-state index contributed by atoms with van der Waals surface area (Å²) in [5, 5.41) is 1.07. The molecule has 0 spiro atoms. The zero-order chi connectivity index (χ0) is 35.3. The standard InChI is InChI=1S/C41H41FN4O5/c1-50-31-14-15-34-32(21-31)28(24-43-34)16-19-45-35-20-29-25-46(38(47)27-8-4-3-5-9-27)41(40(49)51-2,23-26-10-12-30(42)13-11-26)37(29)33(35)22-36(45)39(48)44-17-6-7-18-44/h3-5,8-15,21-22,24,29,37,43H,6-7,16-20,23,25H2,1-2H3/t29?,37?,41-/m1/s1. The van der Waals surface area contributed by atoms with Gasteiger partial charge >= 0.3 is 5.97 Å². The van der Waals surface area contributed by atoms with E-state index in [0.717, 1.165) is 46.3 Å². The Bertz CT molecular complexity index is 2120. The summed E-state index contributed by atoms with van der Waals surface area (Å²) in [6.45, 7) is 2.31. The summed E-state index contributed by atoms with van der Waals surface area (Å²) in [6, 6.07) is 23.0. The lowest BCUT2D eigenvalue weighted by Crippen LogP contribution is -2.58. The molecule has 9 nitrogen and oxygen atoms in total. The van der Waals surface area contributed by atoms with E-state index < -0.39 is 17.4 Å². The largest absolute Gasteiger partial charge is 0.497 e. The van der Waals surface area contributed by atoms with E-state index in [2.05, 4.69) is 9.55 Å². The van der Waals surface area contributed by atoms with E-state index in [4.69, 9.17) is 9.47 Å². The van der Waals surface area contributed by atoms with Crippen molar-refractivity contribution in [3.63, 3.8) is 0 Å². The van der Waals surface area contributed by atoms with E-state index in [9.17, 15) is 18.8 Å². The van der Waals surface area contributed by atoms with Crippen molar-refractivity contribution in [3.8, 4) is 5.75 Å². The first-order valence-corrected chi connectivity index (χ1v) is 17.7. The number of nitrogens with zero attached hydrogens (tertiary/aromatic N) is 3. The van der Waals surface area contributed by atoms with Gasteiger partial charge in [0.25, 0.3) is 11.8 Å². The molecular formula is C41H41FN4O5. The second-order valence-corrected chi connectivity index (χ2v) is 14.0. The number of fused-ring (bicyclic) bond motifs is 4. The molecule has 262 valence electrons. The van der Waals surface area contributed by atoms with Gasteiger partial charge in [-0.15, -0.1) is 0 Å². The Labute approximate surface area is 295 Å². The number of aromatic nitrogens is 2. The van der Waals surface area contributed by atoms with Crippen LogP contribution in [0.3, 0.4) is 0 Å². The highest BCUT2D eigenvalue weighted by Crippen LogP contribution is 2.55. The number of ether oxygens (including phenoxy) is 2. The lowest BCUT2D eigenvalue weighted by molar-refractivity contribution is -0.153. The number of methoxy groups -OCH3 is 2. The second-order valence-electron chi connectivity index (χ2n) is 14.0. The number of rotatable bonds is 9. The van der Waals surface area contributed by atoms with Gasteiger partial charge in [0.05, 0.1) is 14.2 Å². The second kappa shape index (κ2) is 13.1.